The van der Waals surface area contributed by atoms with Crippen molar-refractivity contribution >= 4 is 11.9 Å². The predicted octanol–water partition coefficient (Wildman–Crippen LogP) is 2.33. The molecule has 4 heteroatoms. The highest BCUT2D eigenvalue weighted by atomic mass is 16.4. The van der Waals surface area contributed by atoms with Crippen LogP contribution in [0.15, 0.2) is 30.3 Å². The van der Waals surface area contributed by atoms with E-state index < -0.39 is 12.0 Å². The molecule has 1 aromatic rings. The van der Waals surface area contributed by atoms with E-state index in [1.807, 2.05) is 44.2 Å². The Hall–Kier alpha value is -1.84. The van der Waals surface area contributed by atoms with Gasteiger partial charge < -0.3 is 10.4 Å². The van der Waals surface area contributed by atoms with Crippen LogP contribution in [0.3, 0.4) is 0 Å². The van der Waals surface area contributed by atoms with Gasteiger partial charge >= 0.3 is 5.97 Å². The summed E-state index contributed by atoms with van der Waals surface area (Å²) in [5.74, 6) is -1.23. The maximum Gasteiger partial charge on any atom is 0.326 e. The van der Waals surface area contributed by atoms with E-state index >= 15 is 0 Å². The van der Waals surface area contributed by atoms with E-state index in [9.17, 15) is 9.59 Å². The van der Waals surface area contributed by atoms with Crippen molar-refractivity contribution in [2.24, 2.45) is 0 Å². The summed E-state index contributed by atoms with van der Waals surface area (Å²) < 4.78 is 0. The van der Waals surface area contributed by atoms with Crippen LogP contribution in [-0.4, -0.2) is 23.0 Å². The van der Waals surface area contributed by atoms with Crippen molar-refractivity contribution in [3.63, 3.8) is 0 Å². The zero-order valence-corrected chi connectivity index (χ0v) is 11.6. The first-order chi connectivity index (χ1) is 8.86. The number of carboxylic acid groups (broad SMARTS) is 1. The molecule has 0 bridgehead atoms. The minimum absolute atomic E-state index is 0.233. The zero-order chi connectivity index (χ0) is 14.5. The van der Waals surface area contributed by atoms with Crippen molar-refractivity contribution < 1.29 is 14.7 Å². The highest BCUT2D eigenvalue weighted by Gasteiger charge is 2.26. The summed E-state index contributed by atoms with van der Waals surface area (Å²) >= 11 is 0. The van der Waals surface area contributed by atoms with Crippen molar-refractivity contribution in [1.82, 2.24) is 5.32 Å². The second-order valence-corrected chi connectivity index (χ2v) is 5.29. The molecule has 0 aliphatic heterocycles. The molecule has 0 saturated carbocycles. The largest absolute Gasteiger partial charge is 0.480 e. The first-order valence-electron chi connectivity index (χ1n) is 6.44. The standard InChI is InChI=1S/C15H21NO3/c1-4-12(14(18)19)16-13(17)10-15(2,3)11-8-6-5-7-9-11/h5-9,12H,4,10H2,1-3H3,(H,16,17)(H,18,19). The number of carboxylic acids is 1. The Bertz CT molecular complexity index is 440. The number of nitrogens with one attached hydrogen (secondary N) is 1. The topological polar surface area (TPSA) is 66.4 Å². The number of hydrogen-bond donors (Lipinski definition) is 2. The van der Waals surface area contributed by atoms with Crippen molar-refractivity contribution in [1.29, 1.82) is 0 Å². The van der Waals surface area contributed by atoms with E-state index in [2.05, 4.69) is 5.32 Å². The lowest BCUT2D eigenvalue weighted by molar-refractivity contribution is -0.142. The summed E-state index contributed by atoms with van der Waals surface area (Å²) in [5.41, 5.74) is 0.746. The van der Waals surface area contributed by atoms with Crippen LogP contribution in [0.2, 0.25) is 0 Å². The minimum atomic E-state index is -0.992. The van der Waals surface area contributed by atoms with Crippen LogP contribution in [0.25, 0.3) is 0 Å². The van der Waals surface area contributed by atoms with Crippen LogP contribution in [0, 0.1) is 0 Å². The van der Waals surface area contributed by atoms with Gasteiger partial charge in [0.05, 0.1) is 0 Å². The number of amides is 1. The van der Waals surface area contributed by atoms with Gasteiger partial charge in [0, 0.05) is 6.42 Å². The molecule has 0 fully saturated rings. The fourth-order valence-electron chi connectivity index (χ4n) is 1.98. The van der Waals surface area contributed by atoms with Crippen LogP contribution >= 0.6 is 0 Å². The number of aliphatic carboxylic acids is 1. The lowest BCUT2D eigenvalue weighted by atomic mass is 9.81. The Kier molecular flexibility index (Phi) is 5.10. The fraction of sp³-hybridized carbons (Fsp3) is 0.467. The Morgan fingerprint density at radius 1 is 1.26 bits per heavy atom. The lowest BCUT2D eigenvalue weighted by Crippen LogP contribution is -2.42. The average Bonchev–Trinajstić information content (AvgIpc) is 2.36. The van der Waals surface area contributed by atoms with Gasteiger partial charge in [0.1, 0.15) is 6.04 Å². The molecule has 1 amide bonds. The van der Waals surface area contributed by atoms with Crippen molar-refractivity contribution in [3.8, 4) is 0 Å². The summed E-state index contributed by atoms with van der Waals surface area (Å²) in [7, 11) is 0. The molecule has 0 heterocycles. The maximum absolute atomic E-state index is 11.9. The molecule has 19 heavy (non-hydrogen) atoms. The van der Waals surface area contributed by atoms with E-state index in [4.69, 9.17) is 5.11 Å². The monoisotopic (exact) mass is 263 g/mol. The lowest BCUT2D eigenvalue weighted by Gasteiger charge is -2.25. The van der Waals surface area contributed by atoms with Gasteiger partial charge in [-0.25, -0.2) is 4.79 Å². The van der Waals surface area contributed by atoms with Crippen molar-refractivity contribution in [2.75, 3.05) is 0 Å². The molecular weight excluding hydrogens is 242 g/mol. The molecule has 104 valence electrons. The first-order valence-corrected chi connectivity index (χ1v) is 6.44. The third kappa shape index (κ3) is 4.39. The second-order valence-electron chi connectivity index (χ2n) is 5.29. The normalized spacial score (nSPS) is 12.8. The van der Waals surface area contributed by atoms with Gasteiger partial charge in [0.15, 0.2) is 0 Å². The number of carbonyl (C=O) groups excluding carboxylic acids is 1. The first kappa shape index (κ1) is 15.2. The number of benzene rings is 1. The van der Waals surface area contributed by atoms with Gasteiger partial charge in [-0.2, -0.15) is 0 Å². The van der Waals surface area contributed by atoms with Crippen LogP contribution in [0.4, 0.5) is 0 Å². The smallest absolute Gasteiger partial charge is 0.326 e. The molecule has 1 aromatic carbocycles. The quantitative estimate of drug-likeness (QED) is 0.827. The van der Waals surface area contributed by atoms with E-state index in [-0.39, 0.29) is 17.7 Å². The van der Waals surface area contributed by atoms with Gasteiger partial charge in [0.25, 0.3) is 0 Å². The number of carbonyl (C=O) groups is 2. The molecule has 1 unspecified atom stereocenters. The summed E-state index contributed by atoms with van der Waals surface area (Å²) in [6, 6.07) is 8.93. The average molecular weight is 263 g/mol. The van der Waals surface area contributed by atoms with Crippen molar-refractivity contribution in [3.05, 3.63) is 35.9 Å². The Morgan fingerprint density at radius 3 is 2.32 bits per heavy atom. The molecule has 0 saturated heterocycles. The van der Waals surface area contributed by atoms with E-state index in [1.54, 1.807) is 6.92 Å². The zero-order valence-electron chi connectivity index (χ0n) is 11.6. The Morgan fingerprint density at radius 2 is 1.84 bits per heavy atom. The highest BCUT2D eigenvalue weighted by Crippen LogP contribution is 2.26. The summed E-state index contributed by atoms with van der Waals surface area (Å²) in [6.45, 7) is 5.69. The Labute approximate surface area is 113 Å². The Balaban J connectivity index is 2.68. The molecular formula is C15H21NO3. The molecule has 0 spiro atoms. The third-order valence-corrected chi connectivity index (χ3v) is 3.20. The summed E-state index contributed by atoms with van der Waals surface area (Å²) in [5, 5.41) is 11.5. The van der Waals surface area contributed by atoms with Gasteiger partial charge in [-0.1, -0.05) is 51.1 Å². The van der Waals surface area contributed by atoms with E-state index in [1.165, 1.54) is 0 Å². The number of hydrogen-bond acceptors (Lipinski definition) is 2. The van der Waals surface area contributed by atoms with Gasteiger partial charge in [-0.05, 0) is 17.4 Å². The van der Waals surface area contributed by atoms with Crippen LogP contribution < -0.4 is 5.32 Å². The summed E-state index contributed by atoms with van der Waals surface area (Å²) in [6.07, 6.45) is 0.646. The van der Waals surface area contributed by atoms with E-state index in [0.29, 0.717) is 6.42 Å². The van der Waals surface area contributed by atoms with Gasteiger partial charge in [-0.15, -0.1) is 0 Å². The maximum atomic E-state index is 11.9. The van der Waals surface area contributed by atoms with Crippen LogP contribution in [0.5, 0.6) is 0 Å². The molecule has 4 nitrogen and oxygen atoms in total. The molecule has 0 aliphatic rings. The van der Waals surface area contributed by atoms with Gasteiger partial charge in [-0.3, -0.25) is 4.79 Å². The molecule has 1 atom stereocenters. The predicted molar refractivity (Wildman–Crippen MR) is 73.9 cm³/mol. The van der Waals surface area contributed by atoms with Crippen LogP contribution in [-0.2, 0) is 15.0 Å². The molecule has 1 rings (SSSR count). The number of rotatable bonds is 6. The fourth-order valence-corrected chi connectivity index (χ4v) is 1.98. The van der Waals surface area contributed by atoms with Crippen LogP contribution in [0.1, 0.15) is 39.2 Å². The van der Waals surface area contributed by atoms with Gasteiger partial charge in [0.2, 0.25) is 5.91 Å². The summed E-state index contributed by atoms with van der Waals surface area (Å²) in [4.78, 5) is 22.8. The molecule has 0 aliphatic carbocycles. The molecule has 0 radical (unpaired) electrons. The highest BCUT2D eigenvalue weighted by molar-refractivity contribution is 5.84. The minimum Gasteiger partial charge on any atom is -0.480 e. The van der Waals surface area contributed by atoms with Crippen molar-refractivity contribution in [2.45, 2.75) is 45.1 Å². The second kappa shape index (κ2) is 6.36. The van der Waals surface area contributed by atoms with E-state index in [0.717, 1.165) is 5.56 Å². The molecule has 2 N–H and O–H groups in total. The SMILES string of the molecule is CCC(NC(=O)CC(C)(C)c1ccccc1)C(=O)O. The molecule has 0 aromatic heterocycles. The third-order valence-electron chi connectivity index (χ3n) is 3.20.